The lowest BCUT2D eigenvalue weighted by atomic mass is 10.0. The molecule has 2 aromatic rings. The number of imidazole rings is 1. The number of fused-ring (bicyclic) bond motifs is 1. The fraction of sp³-hybridized carbons (Fsp3) is 0.333. The number of aromatic nitrogens is 2. The van der Waals surface area contributed by atoms with E-state index in [0.717, 1.165) is 24.0 Å². The lowest BCUT2D eigenvalue weighted by Gasteiger charge is -2.34. The molecule has 3 heterocycles. The Labute approximate surface area is 187 Å². The maximum atomic E-state index is 13.7. The molecule has 3 rings (SSSR count). The predicted octanol–water partition coefficient (Wildman–Crippen LogP) is 3.75. The Kier molecular flexibility index (Phi) is 7.21. The molecule has 0 aliphatic carbocycles. The number of nitrogens with one attached hydrogen (secondary N) is 1. The normalized spacial score (nSPS) is 17.2. The molecular weight excluding hydrogens is 407 g/mol. The minimum atomic E-state index is -0.352. The van der Waals surface area contributed by atoms with E-state index in [2.05, 4.69) is 28.5 Å². The SMILES string of the molecule is C=C(C)/C(=C/N=C(C)c1cnc2ccc(F)cn12)C(=C)NC1CCCN(C(=O)CC#N)C1. The molecule has 1 atom stereocenters. The number of halogens is 1. The Morgan fingerprint density at radius 2 is 2.22 bits per heavy atom. The first-order valence-electron chi connectivity index (χ1n) is 10.4. The number of hydrogen-bond acceptors (Lipinski definition) is 5. The lowest BCUT2D eigenvalue weighted by molar-refractivity contribution is -0.131. The molecule has 166 valence electrons. The number of likely N-dealkylation sites (tertiary alicyclic amines) is 1. The van der Waals surface area contributed by atoms with Crippen molar-refractivity contribution in [2.45, 2.75) is 39.2 Å². The second kappa shape index (κ2) is 10.1. The van der Waals surface area contributed by atoms with Crippen LogP contribution in [-0.2, 0) is 4.79 Å². The molecule has 1 amide bonds. The van der Waals surface area contributed by atoms with Gasteiger partial charge in [-0.05, 0) is 44.4 Å². The highest BCUT2D eigenvalue weighted by atomic mass is 19.1. The van der Waals surface area contributed by atoms with E-state index in [-0.39, 0.29) is 24.2 Å². The van der Waals surface area contributed by atoms with Gasteiger partial charge in [-0.3, -0.25) is 14.2 Å². The number of nitriles is 1. The molecule has 0 saturated carbocycles. The van der Waals surface area contributed by atoms with E-state index in [1.165, 1.54) is 12.3 Å². The van der Waals surface area contributed by atoms with E-state index in [1.54, 1.807) is 27.8 Å². The molecule has 0 aromatic carbocycles. The predicted molar refractivity (Wildman–Crippen MR) is 122 cm³/mol. The molecule has 1 aliphatic heterocycles. The zero-order chi connectivity index (χ0) is 23.3. The summed E-state index contributed by atoms with van der Waals surface area (Å²) >= 11 is 0. The maximum Gasteiger partial charge on any atom is 0.236 e. The number of carbonyl (C=O) groups excluding carboxylic acids is 1. The van der Waals surface area contributed by atoms with Crippen LogP contribution in [0.3, 0.4) is 0 Å². The van der Waals surface area contributed by atoms with Crippen molar-refractivity contribution in [3.63, 3.8) is 0 Å². The van der Waals surface area contributed by atoms with Crippen LogP contribution in [0.4, 0.5) is 4.39 Å². The van der Waals surface area contributed by atoms with Crippen LogP contribution < -0.4 is 5.32 Å². The summed E-state index contributed by atoms with van der Waals surface area (Å²) in [5, 5.41) is 12.2. The number of aliphatic imine (C=N–C) groups is 1. The fourth-order valence-corrected chi connectivity index (χ4v) is 3.72. The van der Waals surface area contributed by atoms with Crippen molar-refractivity contribution in [2.24, 2.45) is 4.99 Å². The third-order valence-electron chi connectivity index (χ3n) is 5.40. The molecule has 8 heteroatoms. The van der Waals surface area contributed by atoms with Crippen LogP contribution in [-0.4, -0.2) is 45.0 Å². The van der Waals surface area contributed by atoms with Crippen LogP contribution in [0.25, 0.3) is 5.65 Å². The highest BCUT2D eigenvalue weighted by Gasteiger charge is 2.24. The first kappa shape index (κ1) is 22.9. The van der Waals surface area contributed by atoms with Gasteiger partial charge in [0.1, 0.15) is 17.9 Å². The monoisotopic (exact) mass is 434 g/mol. The Bertz CT molecular complexity index is 1150. The lowest BCUT2D eigenvalue weighted by Crippen LogP contribution is -2.47. The Morgan fingerprint density at radius 1 is 1.44 bits per heavy atom. The third kappa shape index (κ3) is 5.30. The van der Waals surface area contributed by atoms with Gasteiger partial charge in [0.05, 0.1) is 23.7 Å². The van der Waals surface area contributed by atoms with Gasteiger partial charge in [-0.15, -0.1) is 0 Å². The van der Waals surface area contributed by atoms with E-state index < -0.39 is 0 Å². The van der Waals surface area contributed by atoms with Crippen molar-refractivity contribution in [1.29, 1.82) is 5.26 Å². The number of amides is 1. The van der Waals surface area contributed by atoms with E-state index in [9.17, 15) is 9.18 Å². The van der Waals surface area contributed by atoms with Crippen molar-refractivity contribution < 1.29 is 9.18 Å². The van der Waals surface area contributed by atoms with Crippen molar-refractivity contribution >= 4 is 17.3 Å². The molecule has 32 heavy (non-hydrogen) atoms. The van der Waals surface area contributed by atoms with Crippen molar-refractivity contribution in [2.75, 3.05) is 13.1 Å². The van der Waals surface area contributed by atoms with Crippen LogP contribution in [0.2, 0.25) is 0 Å². The minimum Gasteiger partial charge on any atom is -0.380 e. The molecule has 1 fully saturated rings. The smallest absolute Gasteiger partial charge is 0.236 e. The van der Waals surface area contributed by atoms with E-state index >= 15 is 0 Å². The van der Waals surface area contributed by atoms with Crippen LogP contribution in [0.1, 0.15) is 38.8 Å². The van der Waals surface area contributed by atoms with Crippen molar-refractivity contribution in [3.8, 4) is 6.07 Å². The summed E-state index contributed by atoms with van der Waals surface area (Å²) in [5.74, 6) is -0.500. The number of pyridine rings is 1. The van der Waals surface area contributed by atoms with Gasteiger partial charge in [-0.1, -0.05) is 13.2 Å². The van der Waals surface area contributed by atoms with E-state index in [0.29, 0.717) is 35.8 Å². The summed E-state index contributed by atoms with van der Waals surface area (Å²) in [6.07, 6.45) is 6.37. The van der Waals surface area contributed by atoms with Crippen molar-refractivity contribution in [3.05, 3.63) is 72.2 Å². The molecule has 2 aromatic heterocycles. The minimum absolute atomic E-state index is 0.0356. The molecule has 0 radical (unpaired) electrons. The molecule has 1 aliphatic rings. The van der Waals surface area contributed by atoms with Gasteiger partial charge < -0.3 is 10.2 Å². The summed E-state index contributed by atoms with van der Waals surface area (Å²) in [4.78, 5) is 22.6. The molecule has 1 saturated heterocycles. The molecule has 1 N–H and O–H groups in total. The van der Waals surface area contributed by atoms with Gasteiger partial charge in [0.25, 0.3) is 0 Å². The second-order valence-corrected chi connectivity index (χ2v) is 7.89. The highest BCUT2D eigenvalue weighted by molar-refractivity contribution is 5.98. The number of rotatable bonds is 7. The van der Waals surface area contributed by atoms with E-state index in [1.807, 2.05) is 19.9 Å². The molecule has 7 nitrogen and oxygen atoms in total. The second-order valence-electron chi connectivity index (χ2n) is 7.89. The third-order valence-corrected chi connectivity index (χ3v) is 5.40. The topological polar surface area (TPSA) is 85.8 Å². The summed E-state index contributed by atoms with van der Waals surface area (Å²) in [7, 11) is 0. The first-order valence-corrected chi connectivity index (χ1v) is 10.4. The van der Waals surface area contributed by atoms with Crippen LogP contribution in [0.15, 0.2) is 65.7 Å². The van der Waals surface area contributed by atoms with Gasteiger partial charge in [-0.25, -0.2) is 9.37 Å². The number of allylic oxidation sites excluding steroid dienone is 1. The number of piperidine rings is 1. The highest BCUT2D eigenvalue weighted by Crippen LogP contribution is 2.19. The first-order chi connectivity index (χ1) is 15.3. The quantitative estimate of drug-likeness (QED) is 0.531. The molecule has 0 bridgehead atoms. The van der Waals surface area contributed by atoms with Gasteiger partial charge in [0.15, 0.2) is 0 Å². The average Bonchev–Trinajstić information content (AvgIpc) is 3.17. The number of nitrogens with zero attached hydrogens (tertiary/aromatic N) is 5. The fourth-order valence-electron chi connectivity index (χ4n) is 3.72. The van der Waals surface area contributed by atoms with E-state index in [4.69, 9.17) is 5.26 Å². The summed E-state index contributed by atoms with van der Waals surface area (Å²) in [5.41, 5.74) is 4.20. The van der Waals surface area contributed by atoms with Crippen LogP contribution >= 0.6 is 0 Å². The van der Waals surface area contributed by atoms with Gasteiger partial charge >= 0.3 is 0 Å². The Hall–Kier alpha value is -3.73. The zero-order valence-electron chi connectivity index (χ0n) is 18.4. The Balaban J connectivity index is 1.76. The van der Waals surface area contributed by atoms with Crippen molar-refractivity contribution in [1.82, 2.24) is 19.6 Å². The Morgan fingerprint density at radius 3 is 2.94 bits per heavy atom. The van der Waals surface area contributed by atoms with Crippen LogP contribution in [0, 0.1) is 17.1 Å². The van der Waals surface area contributed by atoms with Gasteiger partial charge in [0, 0.05) is 42.8 Å². The number of carbonyl (C=O) groups is 1. The zero-order valence-corrected chi connectivity index (χ0v) is 18.4. The van der Waals surface area contributed by atoms with Gasteiger partial charge in [-0.2, -0.15) is 5.26 Å². The maximum absolute atomic E-state index is 13.7. The molecule has 0 spiro atoms. The largest absolute Gasteiger partial charge is 0.380 e. The standard InChI is InChI=1S/C24H27FN6O/c1-16(2)21(17(3)29-20-6-5-11-30(15-20)24(32)9-10-26)12-27-18(4)22-13-28-23-8-7-19(25)14-31(22)23/h7-8,12-14,20,29H,1,3,5-6,9,11,15H2,2,4H3/b21-12-,27-18?. The summed E-state index contributed by atoms with van der Waals surface area (Å²) in [6, 6.07) is 4.93. The average molecular weight is 435 g/mol. The summed E-state index contributed by atoms with van der Waals surface area (Å²) in [6.45, 7) is 13.1. The van der Waals surface area contributed by atoms with Gasteiger partial charge in [0.2, 0.25) is 5.91 Å². The van der Waals surface area contributed by atoms with Crippen LogP contribution in [0.5, 0.6) is 0 Å². The summed E-state index contributed by atoms with van der Waals surface area (Å²) < 4.78 is 15.3. The number of hydrogen-bond donors (Lipinski definition) is 1. The molecule has 1 unspecified atom stereocenters. The molecular formula is C24H27FN6O.